The zero-order valence-electron chi connectivity index (χ0n) is 21.2. The molecule has 0 saturated carbocycles. The monoisotopic (exact) mass is 544 g/mol. The fourth-order valence-electron chi connectivity index (χ4n) is 3.29. The lowest BCUT2D eigenvalue weighted by atomic mass is 10.2. The second-order valence-electron chi connectivity index (χ2n) is 8.42. The molecule has 0 fully saturated rings. The number of nitrogens with zero attached hydrogens (tertiary/aromatic N) is 3. The number of carbonyl (C=O) groups excluding carboxylic acids is 1. The van der Waals surface area contributed by atoms with Gasteiger partial charge in [-0.1, -0.05) is 6.07 Å². The number of ether oxygens (including phenoxy) is 2. The van der Waals surface area contributed by atoms with Gasteiger partial charge in [-0.05, 0) is 30.3 Å². The van der Waals surface area contributed by atoms with Gasteiger partial charge in [0.15, 0.2) is 11.5 Å². The lowest BCUT2D eigenvalue weighted by Gasteiger charge is -2.22. The minimum atomic E-state index is -1.34. The molecule has 0 bridgehead atoms. The largest absolute Gasteiger partial charge is 0.504 e. The van der Waals surface area contributed by atoms with Crippen LogP contribution < -0.4 is 30.3 Å². The normalized spacial score (nSPS) is 10.5. The Balaban J connectivity index is 2.08. The number of phenolic OH excluding ortho intramolecular Hbond substituents is 1. The zero-order chi connectivity index (χ0) is 28.9. The fourth-order valence-corrected chi connectivity index (χ4v) is 3.29. The highest BCUT2D eigenvalue weighted by atomic mass is 19.1. The first kappa shape index (κ1) is 28.4. The topological polar surface area (TPSA) is 174 Å². The van der Waals surface area contributed by atoms with Crippen LogP contribution >= 0.6 is 0 Å². The van der Waals surface area contributed by atoms with Crippen LogP contribution in [0, 0.1) is 17.0 Å². The van der Waals surface area contributed by atoms with Crippen molar-refractivity contribution in [2.75, 3.05) is 44.0 Å². The Morgan fingerprint density at radius 3 is 2.36 bits per heavy atom. The number of hydrogen-bond acceptors (Lipinski definition) is 9. The van der Waals surface area contributed by atoms with E-state index in [9.17, 15) is 14.7 Å². The number of likely N-dealkylation sites (N-methyl/N-ethyl adjacent to an activating group) is 1. The number of nitrogen functional groups attached to an aromatic ring is 1. The summed E-state index contributed by atoms with van der Waals surface area (Å²) in [4.78, 5) is 29.4. The lowest BCUT2D eigenvalue weighted by Crippen LogP contribution is -2.38. The number of aromatic nitrogens is 1. The molecule has 12 nitrogen and oxygen atoms in total. The van der Waals surface area contributed by atoms with E-state index in [1.165, 1.54) is 19.2 Å². The van der Waals surface area contributed by atoms with Gasteiger partial charge >= 0.3 is 5.97 Å². The molecule has 0 aliphatic heterocycles. The van der Waals surface area contributed by atoms with Crippen molar-refractivity contribution >= 4 is 29.1 Å². The zero-order valence-corrected chi connectivity index (χ0v) is 21.2. The van der Waals surface area contributed by atoms with Crippen LogP contribution in [0.15, 0.2) is 42.5 Å². The summed E-state index contributed by atoms with van der Waals surface area (Å²) in [5, 5.41) is 28.6. The fraction of sp³-hybridized carbons (Fsp3) is 0.200. The van der Waals surface area contributed by atoms with Crippen LogP contribution in [0.3, 0.4) is 0 Å². The summed E-state index contributed by atoms with van der Waals surface area (Å²) in [6, 6.07) is 10.2. The highest BCUT2D eigenvalue weighted by molar-refractivity contribution is 5.95. The smallest absolute Gasteiger partial charge is 0.322 e. The van der Waals surface area contributed by atoms with Crippen LogP contribution in [-0.2, 0) is 9.59 Å². The van der Waals surface area contributed by atoms with Crippen molar-refractivity contribution < 1.29 is 38.1 Å². The number of carboxylic acid groups (broad SMARTS) is 1. The third kappa shape index (κ3) is 7.00. The number of hydrogen-bond donors (Lipinski definition) is 5. The molecule has 1 amide bonds. The molecule has 3 rings (SSSR count). The maximum atomic E-state index is 15.6. The molecule has 39 heavy (non-hydrogen) atoms. The van der Waals surface area contributed by atoms with E-state index in [1.54, 1.807) is 37.2 Å². The van der Waals surface area contributed by atoms with Crippen LogP contribution in [0.1, 0.15) is 5.56 Å². The highest BCUT2D eigenvalue weighted by Gasteiger charge is 2.28. The van der Waals surface area contributed by atoms with Crippen LogP contribution in [-0.4, -0.2) is 67.1 Å². The van der Waals surface area contributed by atoms with E-state index in [0.29, 0.717) is 5.69 Å². The van der Waals surface area contributed by atoms with Gasteiger partial charge in [0.2, 0.25) is 17.5 Å². The van der Waals surface area contributed by atoms with Gasteiger partial charge in [0.05, 0.1) is 6.54 Å². The quantitative estimate of drug-likeness (QED) is 0.178. The van der Waals surface area contributed by atoms with Crippen molar-refractivity contribution in [2.45, 2.75) is 0 Å². The van der Waals surface area contributed by atoms with E-state index in [2.05, 4.69) is 10.3 Å². The van der Waals surface area contributed by atoms with Gasteiger partial charge in [-0.15, -0.1) is 0 Å². The number of rotatable bonds is 11. The van der Waals surface area contributed by atoms with Gasteiger partial charge in [-0.25, -0.2) is 0 Å². The summed E-state index contributed by atoms with van der Waals surface area (Å²) in [6.07, 6.45) is 0. The number of amides is 1. The highest BCUT2D eigenvalue weighted by Crippen LogP contribution is 2.39. The third-order valence-corrected chi connectivity index (χ3v) is 5.22. The van der Waals surface area contributed by atoms with Crippen molar-refractivity contribution in [3.63, 3.8) is 0 Å². The Morgan fingerprint density at radius 1 is 1.08 bits per heavy atom. The number of nitrogens with two attached hydrogens (primary N) is 1. The number of amidine groups is 1. The third-order valence-electron chi connectivity index (χ3n) is 5.22. The Bertz CT molecular complexity index is 1420. The summed E-state index contributed by atoms with van der Waals surface area (Å²) in [5.74, 6) is -7.27. The number of anilines is 2. The van der Waals surface area contributed by atoms with Crippen molar-refractivity contribution in [1.29, 1.82) is 5.41 Å². The summed E-state index contributed by atoms with van der Waals surface area (Å²) in [7, 11) is 4.76. The second-order valence-corrected chi connectivity index (χ2v) is 8.42. The Kier molecular flexibility index (Phi) is 8.70. The standard InChI is InChI=1S/C25H26F2N6O6/c1-32(2)14-5-4-6-15(10-14)38-24-20(26)22(33(3)12-18(35)30-11-19(36)37)21(27)25(31-24)39-17-9-13(23(28)29)7-8-16(17)34/h4-10,34H,11-12H2,1-3H3,(H3,28,29)(H,30,35)(H,36,37). The molecule has 14 heteroatoms. The molecule has 0 saturated heterocycles. The van der Waals surface area contributed by atoms with Gasteiger partial charge in [0, 0.05) is 38.5 Å². The van der Waals surface area contributed by atoms with Gasteiger partial charge < -0.3 is 40.5 Å². The van der Waals surface area contributed by atoms with Crippen molar-refractivity contribution in [3.8, 4) is 29.0 Å². The van der Waals surface area contributed by atoms with Crippen LogP contribution in [0.25, 0.3) is 0 Å². The SMILES string of the molecule is CN(C)c1cccc(Oc2nc(Oc3cc(C(=N)N)ccc3O)c(F)c(N(C)CC(=O)NCC(=O)O)c2F)c1. The minimum Gasteiger partial charge on any atom is -0.504 e. The number of aliphatic carboxylic acids is 1. The number of halogens is 2. The Hall–Kier alpha value is -5.14. The van der Waals surface area contributed by atoms with Crippen LogP contribution in [0.4, 0.5) is 20.2 Å². The van der Waals surface area contributed by atoms with Gasteiger partial charge in [-0.2, -0.15) is 13.8 Å². The predicted octanol–water partition coefficient (Wildman–Crippen LogP) is 2.64. The maximum Gasteiger partial charge on any atom is 0.322 e. The number of aromatic hydroxyl groups is 1. The molecule has 206 valence electrons. The lowest BCUT2D eigenvalue weighted by molar-refractivity contribution is -0.137. The van der Waals surface area contributed by atoms with E-state index in [0.717, 1.165) is 17.0 Å². The number of carbonyl (C=O) groups is 2. The second kappa shape index (κ2) is 11.9. The number of pyridine rings is 1. The molecule has 0 aliphatic rings. The molecule has 0 radical (unpaired) electrons. The first-order chi connectivity index (χ1) is 18.4. The molecule has 3 aromatic rings. The van der Waals surface area contributed by atoms with E-state index < -0.39 is 59.8 Å². The van der Waals surface area contributed by atoms with E-state index >= 15 is 8.78 Å². The first-order valence-electron chi connectivity index (χ1n) is 11.3. The predicted molar refractivity (Wildman–Crippen MR) is 138 cm³/mol. The molecule has 6 N–H and O–H groups in total. The average Bonchev–Trinajstić information content (AvgIpc) is 2.87. The number of phenols is 1. The summed E-state index contributed by atoms with van der Waals surface area (Å²) in [5.41, 5.74) is 5.56. The Morgan fingerprint density at radius 2 is 1.74 bits per heavy atom. The summed E-state index contributed by atoms with van der Waals surface area (Å²) >= 11 is 0. The molecule has 1 aromatic heterocycles. The average molecular weight is 545 g/mol. The van der Waals surface area contributed by atoms with Crippen molar-refractivity contribution in [2.24, 2.45) is 5.73 Å². The van der Waals surface area contributed by atoms with E-state index in [1.807, 2.05) is 0 Å². The maximum absolute atomic E-state index is 15.6. The minimum absolute atomic E-state index is 0.148. The van der Waals surface area contributed by atoms with Gasteiger partial charge in [-0.3, -0.25) is 15.0 Å². The van der Waals surface area contributed by atoms with Crippen LogP contribution in [0.2, 0.25) is 0 Å². The number of carboxylic acids is 1. The summed E-state index contributed by atoms with van der Waals surface area (Å²) < 4.78 is 42.3. The van der Waals surface area contributed by atoms with Crippen LogP contribution in [0.5, 0.6) is 29.0 Å². The molecular formula is C25H26F2N6O6. The molecule has 0 atom stereocenters. The van der Waals surface area contributed by atoms with E-state index in [-0.39, 0.29) is 22.9 Å². The van der Waals surface area contributed by atoms with E-state index in [4.69, 9.17) is 25.7 Å². The van der Waals surface area contributed by atoms with Crippen molar-refractivity contribution in [3.05, 3.63) is 59.7 Å². The molecule has 0 aliphatic carbocycles. The summed E-state index contributed by atoms with van der Waals surface area (Å²) in [6.45, 7) is -1.32. The Labute approximate surface area is 221 Å². The molecule has 2 aromatic carbocycles. The molecule has 0 unspecified atom stereocenters. The first-order valence-corrected chi connectivity index (χ1v) is 11.3. The molecule has 0 spiro atoms. The number of nitrogens with one attached hydrogen (secondary N) is 2. The number of benzene rings is 2. The van der Waals surface area contributed by atoms with Crippen molar-refractivity contribution in [1.82, 2.24) is 10.3 Å². The molecular weight excluding hydrogens is 518 g/mol. The van der Waals surface area contributed by atoms with Gasteiger partial charge in [0.1, 0.15) is 23.8 Å². The van der Waals surface area contributed by atoms with Gasteiger partial charge in [0.25, 0.3) is 11.8 Å². The molecule has 1 heterocycles.